The first kappa shape index (κ1) is 11.6. The van der Waals surface area contributed by atoms with Crippen LogP contribution in [-0.2, 0) is 11.3 Å². The SMILES string of the molecule is CCNCc1c(C)nn(C2CCOC2)c1C. The average molecular weight is 223 g/mol. The summed E-state index contributed by atoms with van der Waals surface area (Å²) < 4.78 is 7.57. The molecule has 1 saturated heterocycles. The van der Waals surface area contributed by atoms with E-state index in [1.54, 1.807) is 0 Å². The monoisotopic (exact) mass is 223 g/mol. The van der Waals surface area contributed by atoms with Crippen molar-refractivity contribution in [1.29, 1.82) is 0 Å². The summed E-state index contributed by atoms with van der Waals surface area (Å²) in [7, 11) is 0. The smallest absolute Gasteiger partial charge is 0.0777 e. The van der Waals surface area contributed by atoms with Gasteiger partial charge >= 0.3 is 0 Å². The van der Waals surface area contributed by atoms with Crippen molar-refractivity contribution in [2.24, 2.45) is 0 Å². The van der Waals surface area contributed by atoms with E-state index >= 15 is 0 Å². The van der Waals surface area contributed by atoms with Crippen LogP contribution in [0.2, 0.25) is 0 Å². The fraction of sp³-hybridized carbons (Fsp3) is 0.750. The first-order chi connectivity index (χ1) is 7.74. The molecule has 1 aliphatic heterocycles. The molecule has 2 heterocycles. The summed E-state index contributed by atoms with van der Waals surface area (Å²) >= 11 is 0. The van der Waals surface area contributed by atoms with Gasteiger partial charge < -0.3 is 10.1 Å². The van der Waals surface area contributed by atoms with Crippen molar-refractivity contribution in [2.75, 3.05) is 19.8 Å². The lowest BCUT2D eigenvalue weighted by atomic mass is 10.2. The van der Waals surface area contributed by atoms with Crippen LogP contribution in [0, 0.1) is 13.8 Å². The Morgan fingerprint density at radius 2 is 2.31 bits per heavy atom. The number of ether oxygens (including phenoxy) is 1. The third-order valence-corrected chi connectivity index (χ3v) is 3.28. The number of rotatable bonds is 4. The zero-order valence-electron chi connectivity index (χ0n) is 10.4. The molecule has 90 valence electrons. The minimum Gasteiger partial charge on any atom is -0.379 e. The Morgan fingerprint density at radius 3 is 2.94 bits per heavy atom. The van der Waals surface area contributed by atoms with Crippen molar-refractivity contribution in [3.8, 4) is 0 Å². The Morgan fingerprint density at radius 1 is 1.50 bits per heavy atom. The molecule has 0 amide bonds. The fourth-order valence-corrected chi connectivity index (χ4v) is 2.27. The van der Waals surface area contributed by atoms with Gasteiger partial charge in [-0.3, -0.25) is 4.68 Å². The summed E-state index contributed by atoms with van der Waals surface area (Å²) in [4.78, 5) is 0. The second-order valence-electron chi connectivity index (χ2n) is 4.39. The highest BCUT2D eigenvalue weighted by molar-refractivity contribution is 5.24. The van der Waals surface area contributed by atoms with Crippen LogP contribution in [0.4, 0.5) is 0 Å². The molecule has 2 rings (SSSR count). The average Bonchev–Trinajstić information content (AvgIpc) is 2.86. The highest BCUT2D eigenvalue weighted by atomic mass is 16.5. The van der Waals surface area contributed by atoms with Crippen LogP contribution in [0.15, 0.2) is 0 Å². The van der Waals surface area contributed by atoms with E-state index in [0.717, 1.165) is 38.4 Å². The first-order valence-electron chi connectivity index (χ1n) is 6.07. The molecule has 4 heteroatoms. The largest absolute Gasteiger partial charge is 0.379 e. The number of nitrogens with one attached hydrogen (secondary N) is 1. The van der Waals surface area contributed by atoms with Gasteiger partial charge in [0.25, 0.3) is 0 Å². The molecule has 4 nitrogen and oxygen atoms in total. The molecule has 0 spiro atoms. The summed E-state index contributed by atoms with van der Waals surface area (Å²) in [6.07, 6.45) is 1.09. The lowest BCUT2D eigenvalue weighted by Crippen LogP contribution is -2.15. The predicted octanol–water partition coefficient (Wildman–Crippen LogP) is 1.57. The zero-order chi connectivity index (χ0) is 11.5. The van der Waals surface area contributed by atoms with Crippen LogP contribution in [0.5, 0.6) is 0 Å². The third-order valence-electron chi connectivity index (χ3n) is 3.28. The molecule has 1 N–H and O–H groups in total. The van der Waals surface area contributed by atoms with Crippen LogP contribution in [0.3, 0.4) is 0 Å². The molecule has 1 aromatic rings. The standard InChI is InChI=1S/C12H21N3O/c1-4-13-7-12-9(2)14-15(10(12)3)11-5-6-16-8-11/h11,13H,4-8H2,1-3H3. The second-order valence-corrected chi connectivity index (χ2v) is 4.39. The topological polar surface area (TPSA) is 39.1 Å². The van der Waals surface area contributed by atoms with Crippen LogP contribution in [0.25, 0.3) is 0 Å². The van der Waals surface area contributed by atoms with Crippen LogP contribution in [0.1, 0.15) is 36.3 Å². The molecular weight excluding hydrogens is 202 g/mol. The number of aryl methyl sites for hydroxylation is 1. The highest BCUT2D eigenvalue weighted by Gasteiger charge is 2.22. The second kappa shape index (κ2) is 4.97. The maximum Gasteiger partial charge on any atom is 0.0777 e. The maximum absolute atomic E-state index is 5.42. The summed E-state index contributed by atoms with van der Waals surface area (Å²) in [6, 6.07) is 0.439. The van der Waals surface area contributed by atoms with E-state index in [2.05, 4.69) is 35.9 Å². The van der Waals surface area contributed by atoms with E-state index in [1.165, 1.54) is 11.3 Å². The molecular formula is C12H21N3O. The highest BCUT2D eigenvalue weighted by Crippen LogP contribution is 2.23. The van der Waals surface area contributed by atoms with E-state index in [1.807, 2.05) is 0 Å². The molecule has 0 saturated carbocycles. The molecule has 0 radical (unpaired) electrons. The molecule has 1 aliphatic rings. The molecule has 16 heavy (non-hydrogen) atoms. The summed E-state index contributed by atoms with van der Waals surface area (Å²) in [5.74, 6) is 0. The summed E-state index contributed by atoms with van der Waals surface area (Å²) in [6.45, 7) is 9.96. The van der Waals surface area contributed by atoms with Gasteiger partial charge in [-0.05, 0) is 26.8 Å². The van der Waals surface area contributed by atoms with Crippen LogP contribution in [-0.4, -0.2) is 29.5 Å². The van der Waals surface area contributed by atoms with Gasteiger partial charge in [0.05, 0.1) is 18.3 Å². The van der Waals surface area contributed by atoms with E-state index < -0.39 is 0 Å². The molecule has 0 bridgehead atoms. The fourth-order valence-electron chi connectivity index (χ4n) is 2.27. The van der Waals surface area contributed by atoms with Crippen molar-refractivity contribution >= 4 is 0 Å². The third kappa shape index (κ3) is 2.13. The van der Waals surface area contributed by atoms with Gasteiger partial charge in [0.15, 0.2) is 0 Å². The molecule has 1 aromatic heterocycles. The van der Waals surface area contributed by atoms with Crippen LogP contribution < -0.4 is 5.32 Å². The predicted molar refractivity (Wildman–Crippen MR) is 63.6 cm³/mol. The van der Waals surface area contributed by atoms with Crippen molar-refractivity contribution in [2.45, 2.75) is 39.8 Å². The van der Waals surface area contributed by atoms with E-state index in [9.17, 15) is 0 Å². The quantitative estimate of drug-likeness (QED) is 0.842. The Labute approximate surface area is 97.0 Å². The minimum absolute atomic E-state index is 0.439. The summed E-state index contributed by atoms with van der Waals surface area (Å²) in [5, 5.41) is 8.01. The number of aromatic nitrogens is 2. The van der Waals surface area contributed by atoms with Crippen molar-refractivity contribution in [1.82, 2.24) is 15.1 Å². The van der Waals surface area contributed by atoms with Gasteiger partial charge in [0, 0.05) is 24.4 Å². The van der Waals surface area contributed by atoms with Gasteiger partial charge in [-0.1, -0.05) is 6.92 Å². The molecule has 1 unspecified atom stereocenters. The lowest BCUT2D eigenvalue weighted by molar-refractivity contribution is 0.184. The lowest BCUT2D eigenvalue weighted by Gasteiger charge is -2.11. The van der Waals surface area contributed by atoms with Crippen molar-refractivity contribution in [3.05, 3.63) is 17.0 Å². The van der Waals surface area contributed by atoms with E-state index in [-0.39, 0.29) is 0 Å². The van der Waals surface area contributed by atoms with E-state index in [4.69, 9.17) is 4.74 Å². The Hall–Kier alpha value is -0.870. The molecule has 0 aromatic carbocycles. The minimum atomic E-state index is 0.439. The Kier molecular flexibility index (Phi) is 3.61. The Balaban J connectivity index is 2.19. The van der Waals surface area contributed by atoms with E-state index in [0.29, 0.717) is 6.04 Å². The molecule has 1 fully saturated rings. The first-order valence-corrected chi connectivity index (χ1v) is 6.07. The van der Waals surface area contributed by atoms with Gasteiger partial charge in [-0.25, -0.2) is 0 Å². The van der Waals surface area contributed by atoms with Crippen molar-refractivity contribution < 1.29 is 4.74 Å². The Bertz CT molecular complexity index is 353. The van der Waals surface area contributed by atoms with Gasteiger partial charge in [0.1, 0.15) is 0 Å². The van der Waals surface area contributed by atoms with Crippen molar-refractivity contribution in [3.63, 3.8) is 0 Å². The normalized spacial score (nSPS) is 20.6. The number of hydrogen-bond donors (Lipinski definition) is 1. The maximum atomic E-state index is 5.42. The molecule has 0 aliphatic carbocycles. The number of nitrogens with zero attached hydrogens (tertiary/aromatic N) is 2. The summed E-state index contributed by atoms with van der Waals surface area (Å²) in [5.41, 5.74) is 3.77. The van der Waals surface area contributed by atoms with Gasteiger partial charge in [0.2, 0.25) is 0 Å². The van der Waals surface area contributed by atoms with Crippen LogP contribution >= 0.6 is 0 Å². The zero-order valence-corrected chi connectivity index (χ0v) is 10.4. The molecule has 1 atom stereocenters. The van der Waals surface area contributed by atoms with Gasteiger partial charge in [-0.15, -0.1) is 0 Å². The van der Waals surface area contributed by atoms with Gasteiger partial charge in [-0.2, -0.15) is 5.10 Å². The number of hydrogen-bond acceptors (Lipinski definition) is 3.